The van der Waals surface area contributed by atoms with E-state index >= 15 is 0 Å². The molecular weight excluding hydrogens is 378 g/mol. The lowest BCUT2D eigenvalue weighted by Gasteiger charge is -2.31. The third kappa shape index (κ3) is 3.37. The van der Waals surface area contributed by atoms with Crippen LogP contribution in [0.25, 0.3) is 0 Å². The molecule has 3 aliphatic heterocycles. The quantitative estimate of drug-likeness (QED) is 0.709. The Labute approximate surface area is 166 Å². The molecular formula is C20H21N3O6. The maximum Gasteiger partial charge on any atom is 0.308 e. The number of likely N-dealkylation sites (tertiary alicyclic amines) is 1. The van der Waals surface area contributed by atoms with Crippen LogP contribution >= 0.6 is 0 Å². The summed E-state index contributed by atoms with van der Waals surface area (Å²) in [6, 6.07) is 4.13. The van der Waals surface area contributed by atoms with Gasteiger partial charge in [0.05, 0.1) is 5.92 Å². The predicted octanol–water partition coefficient (Wildman–Crippen LogP) is 0.384. The zero-order valence-electron chi connectivity index (χ0n) is 15.7. The summed E-state index contributed by atoms with van der Waals surface area (Å²) >= 11 is 0. The molecule has 3 heterocycles. The van der Waals surface area contributed by atoms with E-state index in [1.54, 1.807) is 18.2 Å². The van der Waals surface area contributed by atoms with Crippen LogP contribution in [0, 0.1) is 5.92 Å². The Kier molecular flexibility index (Phi) is 4.81. The summed E-state index contributed by atoms with van der Waals surface area (Å²) in [5.74, 6) is -3.01. The number of carbonyl (C=O) groups is 5. The second kappa shape index (κ2) is 7.31. The van der Waals surface area contributed by atoms with Crippen LogP contribution in [0.3, 0.4) is 0 Å². The van der Waals surface area contributed by atoms with Gasteiger partial charge in [-0.15, -0.1) is 0 Å². The van der Waals surface area contributed by atoms with Crippen LogP contribution in [0.5, 0.6) is 0 Å². The predicted molar refractivity (Wildman–Crippen MR) is 98.8 cm³/mol. The molecule has 0 aromatic heterocycles. The van der Waals surface area contributed by atoms with E-state index in [9.17, 15) is 29.1 Å². The molecule has 0 bridgehead atoms. The number of hydrogen-bond acceptors (Lipinski definition) is 5. The molecule has 152 valence electrons. The Morgan fingerprint density at radius 1 is 1.14 bits per heavy atom. The summed E-state index contributed by atoms with van der Waals surface area (Å²) < 4.78 is 0. The zero-order valence-corrected chi connectivity index (χ0v) is 15.7. The summed E-state index contributed by atoms with van der Waals surface area (Å²) in [5, 5.41) is 11.5. The van der Waals surface area contributed by atoms with Crippen molar-refractivity contribution in [2.24, 2.45) is 5.92 Å². The fourth-order valence-electron chi connectivity index (χ4n) is 4.32. The SMILES string of the molecule is O=C1CCC(N2Cc3c(C(=O)N4CCC[C@@H](C(=O)O)C4)cccc3C2=O)C(=O)N1. The minimum atomic E-state index is -0.917. The molecule has 1 aromatic rings. The largest absolute Gasteiger partial charge is 0.481 e. The van der Waals surface area contributed by atoms with Gasteiger partial charge in [-0.25, -0.2) is 0 Å². The number of amides is 4. The number of nitrogens with one attached hydrogen (secondary N) is 1. The number of aliphatic carboxylic acids is 1. The first-order chi connectivity index (χ1) is 13.9. The van der Waals surface area contributed by atoms with E-state index in [1.165, 1.54) is 9.80 Å². The Morgan fingerprint density at radius 3 is 2.66 bits per heavy atom. The summed E-state index contributed by atoms with van der Waals surface area (Å²) in [6.07, 6.45) is 1.56. The number of hydrogen-bond donors (Lipinski definition) is 2. The first-order valence-electron chi connectivity index (χ1n) is 9.65. The Bertz CT molecular complexity index is 927. The average Bonchev–Trinajstić information content (AvgIpc) is 3.04. The van der Waals surface area contributed by atoms with Crippen LogP contribution in [0.1, 0.15) is 52.0 Å². The van der Waals surface area contributed by atoms with Crippen molar-refractivity contribution in [1.29, 1.82) is 0 Å². The zero-order chi connectivity index (χ0) is 20.7. The third-order valence-electron chi connectivity index (χ3n) is 5.87. The van der Waals surface area contributed by atoms with E-state index in [-0.39, 0.29) is 43.7 Å². The number of carboxylic acid groups (broad SMARTS) is 1. The number of benzene rings is 1. The van der Waals surface area contributed by atoms with Gasteiger partial charge < -0.3 is 14.9 Å². The van der Waals surface area contributed by atoms with Crippen LogP contribution < -0.4 is 5.32 Å². The highest BCUT2D eigenvalue weighted by atomic mass is 16.4. The van der Waals surface area contributed by atoms with Crippen molar-refractivity contribution < 1.29 is 29.1 Å². The van der Waals surface area contributed by atoms with Gasteiger partial charge in [-0.1, -0.05) is 6.07 Å². The molecule has 2 N–H and O–H groups in total. The van der Waals surface area contributed by atoms with Crippen molar-refractivity contribution in [3.05, 3.63) is 34.9 Å². The van der Waals surface area contributed by atoms with Crippen molar-refractivity contribution in [2.75, 3.05) is 13.1 Å². The number of rotatable bonds is 3. The van der Waals surface area contributed by atoms with Crippen molar-refractivity contribution >= 4 is 29.6 Å². The van der Waals surface area contributed by atoms with E-state index in [0.29, 0.717) is 36.1 Å². The highest BCUT2D eigenvalue weighted by molar-refractivity contribution is 6.07. The van der Waals surface area contributed by atoms with E-state index in [2.05, 4.69) is 5.32 Å². The van der Waals surface area contributed by atoms with Crippen LogP contribution in [0.2, 0.25) is 0 Å². The number of imide groups is 1. The van der Waals surface area contributed by atoms with Gasteiger partial charge in [0.25, 0.3) is 11.8 Å². The molecule has 0 radical (unpaired) electrons. The molecule has 2 atom stereocenters. The molecule has 4 amide bonds. The summed E-state index contributed by atoms with van der Waals surface area (Å²) in [5.41, 5.74) is 1.27. The smallest absolute Gasteiger partial charge is 0.308 e. The molecule has 0 spiro atoms. The lowest BCUT2D eigenvalue weighted by atomic mass is 9.96. The molecule has 3 aliphatic rings. The van der Waals surface area contributed by atoms with Gasteiger partial charge in [0, 0.05) is 37.2 Å². The number of carboxylic acids is 1. The van der Waals surface area contributed by atoms with E-state index in [1.807, 2.05) is 0 Å². The lowest BCUT2D eigenvalue weighted by molar-refractivity contribution is -0.143. The van der Waals surface area contributed by atoms with Gasteiger partial charge in [0.1, 0.15) is 6.04 Å². The molecule has 9 heteroatoms. The summed E-state index contributed by atoms with van der Waals surface area (Å²) in [7, 11) is 0. The van der Waals surface area contributed by atoms with Gasteiger partial charge in [0.15, 0.2) is 0 Å². The van der Waals surface area contributed by atoms with Crippen LogP contribution in [0.15, 0.2) is 18.2 Å². The Morgan fingerprint density at radius 2 is 1.93 bits per heavy atom. The molecule has 2 saturated heterocycles. The van der Waals surface area contributed by atoms with E-state index in [0.717, 1.165) is 0 Å². The summed E-state index contributed by atoms with van der Waals surface area (Å²) in [4.78, 5) is 63.8. The van der Waals surface area contributed by atoms with Gasteiger partial charge in [0.2, 0.25) is 11.8 Å². The fourth-order valence-corrected chi connectivity index (χ4v) is 4.32. The molecule has 9 nitrogen and oxygen atoms in total. The molecule has 4 rings (SSSR count). The van der Waals surface area contributed by atoms with Gasteiger partial charge in [-0.05, 0) is 37.0 Å². The van der Waals surface area contributed by atoms with Gasteiger partial charge in [-0.2, -0.15) is 0 Å². The molecule has 1 aromatic carbocycles. The standard InChI is InChI=1S/C20H21N3O6/c24-16-7-6-15(17(25)21-16)23-10-14-12(4-1-5-13(14)19(23)27)18(26)22-8-2-3-11(9-22)20(28)29/h1,4-5,11,15H,2-3,6-10H2,(H,28,29)(H,21,24,25)/t11-,15?/m1/s1. The lowest BCUT2D eigenvalue weighted by Crippen LogP contribution is -2.52. The highest BCUT2D eigenvalue weighted by Crippen LogP contribution is 2.31. The maximum absolute atomic E-state index is 13.1. The maximum atomic E-state index is 13.1. The van der Waals surface area contributed by atoms with E-state index < -0.39 is 23.8 Å². The first-order valence-corrected chi connectivity index (χ1v) is 9.65. The molecule has 0 aliphatic carbocycles. The Balaban J connectivity index is 1.58. The van der Waals surface area contributed by atoms with Crippen LogP contribution in [-0.2, 0) is 20.9 Å². The van der Waals surface area contributed by atoms with Gasteiger partial charge in [-0.3, -0.25) is 29.3 Å². The van der Waals surface area contributed by atoms with Crippen molar-refractivity contribution in [2.45, 2.75) is 38.3 Å². The van der Waals surface area contributed by atoms with Crippen molar-refractivity contribution in [1.82, 2.24) is 15.1 Å². The minimum Gasteiger partial charge on any atom is -0.481 e. The Hall–Kier alpha value is -3.23. The molecule has 29 heavy (non-hydrogen) atoms. The van der Waals surface area contributed by atoms with Crippen LogP contribution in [-0.4, -0.2) is 63.6 Å². The second-order valence-corrected chi connectivity index (χ2v) is 7.66. The van der Waals surface area contributed by atoms with E-state index in [4.69, 9.17) is 0 Å². The first kappa shape index (κ1) is 19.1. The number of piperidine rings is 2. The third-order valence-corrected chi connectivity index (χ3v) is 5.87. The molecule has 0 saturated carbocycles. The fraction of sp³-hybridized carbons (Fsp3) is 0.450. The molecule has 2 fully saturated rings. The number of carbonyl (C=O) groups excluding carboxylic acids is 4. The average molecular weight is 399 g/mol. The number of nitrogens with zero attached hydrogens (tertiary/aromatic N) is 2. The number of fused-ring (bicyclic) bond motifs is 1. The van der Waals surface area contributed by atoms with Gasteiger partial charge >= 0.3 is 5.97 Å². The highest BCUT2D eigenvalue weighted by Gasteiger charge is 2.41. The topological polar surface area (TPSA) is 124 Å². The monoisotopic (exact) mass is 399 g/mol. The normalized spacial score (nSPS) is 24.3. The summed E-state index contributed by atoms with van der Waals surface area (Å²) in [6.45, 7) is 0.721. The second-order valence-electron chi connectivity index (χ2n) is 7.66. The van der Waals surface area contributed by atoms with Crippen molar-refractivity contribution in [3.63, 3.8) is 0 Å². The van der Waals surface area contributed by atoms with Crippen molar-refractivity contribution in [3.8, 4) is 0 Å². The van der Waals surface area contributed by atoms with Crippen LogP contribution in [0.4, 0.5) is 0 Å². The minimum absolute atomic E-state index is 0.110. The molecule has 1 unspecified atom stereocenters.